The van der Waals surface area contributed by atoms with E-state index >= 15 is 0 Å². The molecule has 0 radical (unpaired) electrons. The van der Waals surface area contributed by atoms with E-state index < -0.39 is 5.54 Å². The van der Waals surface area contributed by atoms with Crippen LogP contribution in [0.2, 0.25) is 0 Å². The molecule has 2 rings (SSSR count). The molecule has 3 N–H and O–H groups in total. The minimum atomic E-state index is -0.870. The van der Waals surface area contributed by atoms with Crippen molar-refractivity contribution in [3.05, 3.63) is 23.7 Å². The normalized spacial score (nSPS) is 17.6. The van der Waals surface area contributed by atoms with Crippen LogP contribution in [-0.2, 0) is 11.3 Å². The number of nitrogens with two attached hydrogens (primary N) is 1. The predicted octanol–water partition coefficient (Wildman–Crippen LogP) is 0.511. The Kier molecular flexibility index (Phi) is 4.60. The van der Waals surface area contributed by atoms with E-state index in [1.54, 1.807) is 26.0 Å². The summed E-state index contributed by atoms with van der Waals surface area (Å²) in [4.78, 5) is 25.6. The molecule has 1 fully saturated rings. The first-order chi connectivity index (χ1) is 8.46. The number of carbonyl (C=O) groups excluding carboxylic acids is 2. The van der Waals surface area contributed by atoms with Gasteiger partial charge < -0.3 is 20.4 Å². The van der Waals surface area contributed by atoms with Gasteiger partial charge >= 0.3 is 0 Å². The van der Waals surface area contributed by atoms with Gasteiger partial charge in [-0.15, -0.1) is 12.4 Å². The molecule has 1 aromatic heterocycles. The summed E-state index contributed by atoms with van der Waals surface area (Å²) in [6.07, 6.45) is 0. The van der Waals surface area contributed by atoms with Crippen LogP contribution in [0.15, 0.2) is 16.5 Å². The van der Waals surface area contributed by atoms with Gasteiger partial charge in [0.05, 0.1) is 6.54 Å². The summed E-state index contributed by atoms with van der Waals surface area (Å²) in [5.41, 5.74) is 4.56. The summed E-state index contributed by atoms with van der Waals surface area (Å²) in [6, 6.07) is 3.26. The summed E-state index contributed by atoms with van der Waals surface area (Å²) in [5, 5.41) is 2.74. The van der Waals surface area contributed by atoms with Gasteiger partial charge in [-0.2, -0.15) is 0 Å². The van der Waals surface area contributed by atoms with Gasteiger partial charge in [-0.3, -0.25) is 9.59 Å². The van der Waals surface area contributed by atoms with E-state index in [2.05, 4.69) is 5.32 Å². The maximum absolute atomic E-state index is 12.3. The first-order valence-electron chi connectivity index (χ1n) is 5.86. The third kappa shape index (κ3) is 2.74. The van der Waals surface area contributed by atoms with Crippen LogP contribution < -0.4 is 11.1 Å². The Bertz CT molecular complexity index is 484. The van der Waals surface area contributed by atoms with Gasteiger partial charge in [0.1, 0.15) is 11.3 Å². The lowest BCUT2D eigenvalue weighted by atomic mass is 9.98. The highest BCUT2D eigenvalue weighted by Gasteiger charge is 2.41. The molecule has 0 unspecified atom stereocenters. The van der Waals surface area contributed by atoms with Crippen molar-refractivity contribution >= 4 is 24.2 Å². The monoisotopic (exact) mass is 287 g/mol. The lowest BCUT2D eigenvalue weighted by Gasteiger charge is -2.40. The van der Waals surface area contributed by atoms with Crippen LogP contribution in [0.3, 0.4) is 0 Å². The molecule has 7 heteroatoms. The summed E-state index contributed by atoms with van der Waals surface area (Å²) < 4.78 is 5.33. The van der Waals surface area contributed by atoms with Crippen molar-refractivity contribution in [2.24, 2.45) is 5.73 Å². The van der Waals surface area contributed by atoms with Crippen LogP contribution in [-0.4, -0.2) is 35.3 Å². The smallest absolute Gasteiger partial charge is 0.290 e. The molecule has 0 atom stereocenters. The number of hydrogen-bond donors (Lipinski definition) is 2. The van der Waals surface area contributed by atoms with Gasteiger partial charge in [-0.1, -0.05) is 0 Å². The fourth-order valence-corrected chi connectivity index (χ4v) is 1.99. The van der Waals surface area contributed by atoms with Crippen molar-refractivity contribution in [2.75, 3.05) is 13.1 Å². The number of piperazine rings is 1. The summed E-state index contributed by atoms with van der Waals surface area (Å²) in [6.45, 7) is 4.60. The van der Waals surface area contributed by atoms with Gasteiger partial charge in [0, 0.05) is 13.1 Å². The minimum Gasteiger partial charge on any atom is -0.455 e. The Balaban J connectivity index is 0.00000180. The largest absolute Gasteiger partial charge is 0.455 e. The standard InChI is InChI=1S/C12H17N3O3.ClH/c1-12(2)11(17)14-5-6-15(12)10(16)9-4-3-8(7-13)18-9;/h3-4H,5-7,13H2,1-2H3,(H,14,17);1H. The quantitative estimate of drug-likeness (QED) is 0.829. The maximum Gasteiger partial charge on any atom is 0.290 e. The Labute approximate surface area is 117 Å². The molecule has 0 bridgehead atoms. The van der Waals surface area contributed by atoms with Crippen LogP contribution in [0.25, 0.3) is 0 Å². The van der Waals surface area contributed by atoms with Crippen LogP contribution >= 0.6 is 12.4 Å². The fraction of sp³-hybridized carbons (Fsp3) is 0.500. The van der Waals surface area contributed by atoms with E-state index in [1.807, 2.05) is 0 Å². The van der Waals surface area contributed by atoms with Crippen LogP contribution in [0.5, 0.6) is 0 Å². The minimum absolute atomic E-state index is 0. The van der Waals surface area contributed by atoms with Gasteiger partial charge in [0.2, 0.25) is 5.91 Å². The molecule has 2 amide bonds. The Hall–Kier alpha value is -1.53. The maximum atomic E-state index is 12.3. The molecular weight excluding hydrogens is 270 g/mol. The molecule has 0 aromatic carbocycles. The molecule has 0 spiro atoms. The SMILES string of the molecule is CC1(C)C(=O)NCCN1C(=O)c1ccc(CN)o1.Cl. The van der Waals surface area contributed by atoms with Crippen molar-refractivity contribution < 1.29 is 14.0 Å². The average Bonchev–Trinajstić information content (AvgIpc) is 2.80. The van der Waals surface area contributed by atoms with E-state index in [9.17, 15) is 9.59 Å². The second-order valence-corrected chi connectivity index (χ2v) is 4.74. The number of rotatable bonds is 2. The zero-order valence-electron chi connectivity index (χ0n) is 10.9. The number of furan rings is 1. The Morgan fingerprint density at radius 1 is 1.53 bits per heavy atom. The van der Waals surface area contributed by atoms with E-state index in [4.69, 9.17) is 10.2 Å². The molecule has 19 heavy (non-hydrogen) atoms. The second kappa shape index (κ2) is 5.63. The predicted molar refractivity (Wildman–Crippen MR) is 72.0 cm³/mol. The highest BCUT2D eigenvalue weighted by atomic mass is 35.5. The number of hydrogen-bond acceptors (Lipinski definition) is 4. The zero-order valence-corrected chi connectivity index (χ0v) is 11.8. The van der Waals surface area contributed by atoms with Gasteiger partial charge in [-0.25, -0.2) is 0 Å². The van der Waals surface area contributed by atoms with Crippen LogP contribution in [0.1, 0.15) is 30.2 Å². The van der Waals surface area contributed by atoms with E-state index in [0.29, 0.717) is 18.8 Å². The number of carbonyl (C=O) groups is 2. The van der Waals surface area contributed by atoms with Crippen molar-refractivity contribution in [1.82, 2.24) is 10.2 Å². The molecule has 0 saturated carbocycles. The second-order valence-electron chi connectivity index (χ2n) is 4.74. The molecule has 0 aliphatic carbocycles. The first kappa shape index (κ1) is 15.5. The van der Waals surface area contributed by atoms with Crippen molar-refractivity contribution in [3.63, 3.8) is 0 Å². The zero-order chi connectivity index (χ0) is 13.3. The Morgan fingerprint density at radius 2 is 2.21 bits per heavy atom. The average molecular weight is 288 g/mol. The number of amides is 2. The molecule has 1 aliphatic rings. The molecule has 106 valence electrons. The third-order valence-corrected chi connectivity index (χ3v) is 3.17. The topological polar surface area (TPSA) is 88.6 Å². The van der Waals surface area contributed by atoms with Gasteiger partial charge in [-0.05, 0) is 26.0 Å². The number of nitrogens with one attached hydrogen (secondary N) is 1. The van der Waals surface area contributed by atoms with E-state index in [1.165, 1.54) is 4.90 Å². The van der Waals surface area contributed by atoms with Gasteiger partial charge in [0.15, 0.2) is 5.76 Å². The third-order valence-electron chi connectivity index (χ3n) is 3.17. The van der Waals surface area contributed by atoms with E-state index in [0.717, 1.165) is 0 Å². The van der Waals surface area contributed by atoms with Gasteiger partial charge in [0.25, 0.3) is 5.91 Å². The lowest BCUT2D eigenvalue weighted by molar-refractivity contribution is -0.133. The Morgan fingerprint density at radius 3 is 2.79 bits per heavy atom. The van der Waals surface area contributed by atoms with Crippen molar-refractivity contribution in [3.8, 4) is 0 Å². The molecule has 2 heterocycles. The highest BCUT2D eigenvalue weighted by Crippen LogP contribution is 2.21. The van der Waals surface area contributed by atoms with Crippen LogP contribution in [0, 0.1) is 0 Å². The lowest BCUT2D eigenvalue weighted by Crippen LogP contribution is -2.63. The molecule has 1 aliphatic heterocycles. The number of halogens is 1. The van der Waals surface area contributed by atoms with Crippen LogP contribution in [0.4, 0.5) is 0 Å². The fourth-order valence-electron chi connectivity index (χ4n) is 1.99. The molecule has 1 aromatic rings. The van der Waals surface area contributed by atoms with Crippen molar-refractivity contribution in [2.45, 2.75) is 25.9 Å². The summed E-state index contributed by atoms with van der Waals surface area (Å²) in [7, 11) is 0. The first-order valence-corrected chi connectivity index (χ1v) is 5.86. The molecular formula is C12H18ClN3O3. The number of nitrogens with zero attached hydrogens (tertiary/aromatic N) is 1. The van der Waals surface area contributed by atoms with E-state index in [-0.39, 0.29) is 36.5 Å². The molecule has 1 saturated heterocycles. The van der Waals surface area contributed by atoms with Crippen molar-refractivity contribution in [1.29, 1.82) is 0 Å². The summed E-state index contributed by atoms with van der Waals surface area (Å²) >= 11 is 0. The summed E-state index contributed by atoms with van der Waals surface area (Å²) in [5.74, 6) is 0.332. The molecule has 6 nitrogen and oxygen atoms in total. The highest BCUT2D eigenvalue weighted by molar-refractivity contribution is 5.98.